The first kappa shape index (κ1) is 12.5. The predicted octanol–water partition coefficient (Wildman–Crippen LogP) is 0.609. The zero-order chi connectivity index (χ0) is 11.3. The molecule has 0 aromatic heterocycles. The minimum atomic E-state index is -0.363. The van der Waals surface area contributed by atoms with Crippen molar-refractivity contribution in [1.82, 2.24) is 4.90 Å². The third-order valence-corrected chi connectivity index (χ3v) is 2.75. The minimum Gasteiger partial charge on any atom is -0.379 e. The number of nitrogens with zero attached hydrogens (tertiary/aromatic N) is 1. The number of hydrogen-bond donors (Lipinski definition) is 1. The monoisotopic (exact) mass is 214 g/mol. The second-order valence-electron chi connectivity index (χ2n) is 4.29. The number of ether oxygens (including phenoxy) is 1. The first-order chi connectivity index (χ1) is 7.15. The van der Waals surface area contributed by atoms with Crippen molar-refractivity contribution in [1.29, 1.82) is 0 Å². The maximum atomic E-state index is 11.6. The fourth-order valence-electron chi connectivity index (χ4n) is 1.30. The van der Waals surface area contributed by atoms with E-state index in [1.54, 1.807) is 11.9 Å². The summed E-state index contributed by atoms with van der Waals surface area (Å²) < 4.78 is 5.46. The van der Waals surface area contributed by atoms with Crippen molar-refractivity contribution in [3.63, 3.8) is 0 Å². The lowest BCUT2D eigenvalue weighted by Crippen LogP contribution is -2.42. The molecule has 0 aliphatic heterocycles. The van der Waals surface area contributed by atoms with Crippen molar-refractivity contribution in [3.05, 3.63) is 0 Å². The summed E-state index contributed by atoms with van der Waals surface area (Å²) in [6, 6.07) is -0.363. The van der Waals surface area contributed by atoms with Crippen LogP contribution in [0.15, 0.2) is 0 Å². The van der Waals surface area contributed by atoms with Gasteiger partial charge in [-0.05, 0) is 25.2 Å². The molecule has 0 radical (unpaired) electrons. The zero-order valence-electron chi connectivity index (χ0n) is 9.74. The number of nitrogens with two attached hydrogens (primary N) is 1. The van der Waals surface area contributed by atoms with E-state index in [-0.39, 0.29) is 11.9 Å². The van der Waals surface area contributed by atoms with Crippen LogP contribution in [-0.2, 0) is 9.53 Å². The molecular formula is C11H22N2O2. The normalized spacial score (nSPS) is 17.5. The molecule has 1 aliphatic rings. The van der Waals surface area contributed by atoms with Gasteiger partial charge < -0.3 is 15.4 Å². The third kappa shape index (κ3) is 4.62. The van der Waals surface area contributed by atoms with Gasteiger partial charge in [-0.25, -0.2) is 0 Å². The van der Waals surface area contributed by atoms with E-state index < -0.39 is 0 Å². The van der Waals surface area contributed by atoms with Gasteiger partial charge in [-0.2, -0.15) is 0 Å². The minimum absolute atomic E-state index is 0.00696. The lowest BCUT2D eigenvalue weighted by atomic mass is 10.2. The van der Waals surface area contributed by atoms with Gasteiger partial charge in [0.15, 0.2) is 0 Å². The second-order valence-corrected chi connectivity index (χ2v) is 4.29. The van der Waals surface area contributed by atoms with Crippen molar-refractivity contribution < 1.29 is 9.53 Å². The number of rotatable bonds is 7. The van der Waals surface area contributed by atoms with E-state index in [1.807, 2.05) is 6.92 Å². The molecule has 0 heterocycles. The quantitative estimate of drug-likeness (QED) is 0.632. The fourth-order valence-corrected chi connectivity index (χ4v) is 1.30. The smallest absolute Gasteiger partial charge is 0.239 e. The summed E-state index contributed by atoms with van der Waals surface area (Å²) in [5.41, 5.74) is 5.65. The Kier molecular flexibility index (Phi) is 5.05. The lowest BCUT2D eigenvalue weighted by Gasteiger charge is -2.20. The van der Waals surface area contributed by atoms with Crippen molar-refractivity contribution >= 4 is 5.91 Å². The standard InChI is InChI=1S/C11H22N2O2/c1-3-10(12)11(14)13(2)6-7-15-8-9-4-5-9/h9-10H,3-8,12H2,1-2H3. The molecule has 0 aromatic carbocycles. The number of hydrogen-bond acceptors (Lipinski definition) is 3. The van der Waals surface area contributed by atoms with E-state index in [0.29, 0.717) is 19.6 Å². The van der Waals surface area contributed by atoms with E-state index in [9.17, 15) is 4.79 Å². The molecule has 1 atom stereocenters. The van der Waals surface area contributed by atoms with Crippen LogP contribution in [0.4, 0.5) is 0 Å². The Hall–Kier alpha value is -0.610. The Morgan fingerprint density at radius 3 is 2.80 bits per heavy atom. The number of carbonyl (C=O) groups excluding carboxylic acids is 1. The Labute approximate surface area is 91.8 Å². The van der Waals surface area contributed by atoms with E-state index in [0.717, 1.165) is 12.5 Å². The summed E-state index contributed by atoms with van der Waals surface area (Å²) >= 11 is 0. The molecular weight excluding hydrogens is 192 g/mol. The fraction of sp³-hybridized carbons (Fsp3) is 0.909. The highest BCUT2D eigenvalue weighted by Crippen LogP contribution is 2.28. The molecule has 4 heteroatoms. The first-order valence-electron chi connectivity index (χ1n) is 5.73. The van der Waals surface area contributed by atoms with Crippen molar-refractivity contribution in [2.45, 2.75) is 32.2 Å². The van der Waals surface area contributed by atoms with Gasteiger partial charge in [0.2, 0.25) is 5.91 Å². The Balaban J connectivity index is 2.05. The summed E-state index contributed by atoms with van der Waals surface area (Å²) in [5.74, 6) is 0.788. The molecule has 1 rings (SSSR count). The molecule has 1 amide bonds. The van der Waals surface area contributed by atoms with Crippen LogP contribution >= 0.6 is 0 Å². The molecule has 2 N–H and O–H groups in total. The number of likely N-dealkylation sites (N-methyl/N-ethyl adjacent to an activating group) is 1. The van der Waals surface area contributed by atoms with E-state index >= 15 is 0 Å². The molecule has 0 saturated heterocycles. The molecule has 15 heavy (non-hydrogen) atoms. The van der Waals surface area contributed by atoms with Gasteiger partial charge in [0.05, 0.1) is 12.6 Å². The van der Waals surface area contributed by atoms with Crippen LogP contribution in [0.2, 0.25) is 0 Å². The third-order valence-electron chi connectivity index (χ3n) is 2.75. The molecule has 1 aliphatic carbocycles. The van der Waals surface area contributed by atoms with Crippen molar-refractivity contribution in [3.8, 4) is 0 Å². The molecule has 0 spiro atoms. The number of amides is 1. The molecule has 4 nitrogen and oxygen atoms in total. The summed E-state index contributed by atoms with van der Waals surface area (Å²) in [7, 11) is 1.78. The highest BCUT2D eigenvalue weighted by Gasteiger charge is 2.21. The Morgan fingerprint density at radius 2 is 2.27 bits per heavy atom. The van der Waals surface area contributed by atoms with Gasteiger partial charge in [0, 0.05) is 20.2 Å². The molecule has 1 saturated carbocycles. The summed E-state index contributed by atoms with van der Waals surface area (Å²) in [6.45, 7) is 4.02. The van der Waals surface area contributed by atoms with Crippen LogP contribution in [0.1, 0.15) is 26.2 Å². The molecule has 88 valence electrons. The Morgan fingerprint density at radius 1 is 1.60 bits per heavy atom. The summed E-state index contributed by atoms with van der Waals surface area (Å²) in [5, 5.41) is 0. The maximum absolute atomic E-state index is 11.6. The van der Waals surface area contributed by atoms with Gasteiger partial charge in [0.1, 0.15) is 0 Å². The van der Waals surface area contributed by atoms with Crippen molar-refractivity contribution in [2.75, 3.05) is 26.8 Å². The van der Waals surface area contributed by atoms with Crippen LogP contribution in [0.25, 0.3) is 0 Å². The maximum Gasteiger partial charge on any atom is 0.239 e. The average Bonchev–Trinajstić information content (AvgIpc) is 3.05. The van der Waals surface area contributed by atoms with Crippen LogP contribution in [0.3, 0.4) is 0 Å². The first-order valence-corrected chi connectivity index (χ1v) is 5.73. The van der Waals surface area contributed by atoms with E-state index in [4.69, 9.17) is 10.5 Å². The number of carbonyl (C=O) groups is 1. The van der Waals surface area contributed by atoms with E-state index in [2.05, 4.69) is 0 Å². The Bertz CT molecular complexity index is 205. The van der Waals surface area contributed by atoms with E-state index in [1.165, 1.54) is 12.8 Å². The summed E-state index contributed by atoms with van der Waals surface area (Å²) in [4.78, 5) is 13.2. The second kappa shape index (κ2) is 6.08. The van der Waals surface area contributed by atoms with Crippen LogP contribution in [0.5, 0.6) is 0 Å². The lowest BCUT2D eigenvalue weighted by molar-refractivity contribution is -0.132. The van der Waals surface area contributed by atoms with Crippen LogP contribution in [0, 0.1) is 5.92 Å². The highest BCUT2D eigenvalue weighted by atomic mass is 16.5. The highest BCUT2D eigenvalue weighted by molar-refractivity contribution is 5.81. The molecule has 0 aromatic rings. The van der Waals surface area contributed by atoms with Crippen molar-refractivity contribution in [2.24, 2.45) is 11.7 Å². The topological polar surface area (TPSA) is 55.6 Å². The molecule has 1 fully saturated rings. The predicted molar refractivity (Wildman–Crippen MR) is 59.4 cm³/mol. The molecule has 1 unspecified atom stereocenters. The van der Waals surface area contributed by atoms with Gasteiger partial charge in [-0.3, -0.25) is 4.79 Å². The summed E-state index contributed by atoms with van der Waals surface area (Å²) in [6.07, 6.45) is 3.29. The molecule has 0 bridgehead atoms. The zero-order valence-corrected chi connectivity index (χ0v) is 9.74. The van der Waals surface area contributed by atoms with Gasteiger partial charge in [0.25, 0.3) is 0 Å². The van der Waals surface area contributed by atoms with Crippen LogP contribution < -0.4 is 5.73 Å². The largest absolute Gasteiger partial charge is 0.379 e. The van der Waals surface area contributed by atoms with Crippen LogP contribution in [-0.4, -0.2) is 43.7 Å². The SMILES string of the molecule is CCC(N)C(=O)N(C)CCOCC1CC1. The van der Waals surface area contributed by atoms with Gasteiger partial charge >= 0.3 is 0 Å². The van der Waals surface area contributed by atoms with Gasteiger partial charge in [-0.1, -0.05) is 6.92 Å². The average molecular weight is 214 g/mol. The van der Waals surface area contributed by atoms with Gasteiger partial charge in [-0.15, -0.1) is 0 Å².